The molecule has 1 aromatic carbocycles. The molecule has 1 aromatic heterocycles. The Morgan fingerprint density at radius 3 is 2.41 bits per heavy atom. The maximum atomic E-state index is 11.4. The third-order valence-electron chi connectivity index (χ3n) is 3.68. The zero-order valence-corrected chi connectivity index (χ0v) is 13.3. The molecule has 1 heterocycles. The number of para-hydroxylation sites is 1. The molecule has 1 N–H and O–H groups in total. The molecule has 0 saturated carbocycles. The molecule has 4 nitrogen and oxygen atoms in total. The lowest BCUT2D eigenvalue weighted by molar-refractivity contribution is -0.153. The van der Waals surface area contributed by atoms with Gasteiger partial charge in [0.15, 0.2) is 0 Å². The molecule has 116 valence electrons. The minimum absolute atomic E-state index is 0.448. The second kappa shape index (κ2) is 7.09. The first-order valence-electron chi connectivity index (χ1n) is 7.50. The molecule has 2 rings (SSSR count). The number of aromatic nitrogens is 1. The average molecular weight is 298 g/mol. The Hall–Kier alpha value is -2.33. The fourth-order valence-electron chi connectivity index (χ4n) is 2.47. The van der Waals surface area contributed by atoms with Crippen LogP contribution in [0.2, 0.25) is 0 Å². The van der Waals surface area contributed by atoms with Crippen LogP contribution in [-0.2, 0) is 17.6 Å². The molecular formula is C18H22N2O2. The van der Waals surface area contributed by atoms with Crippen molar-refractivity contribution < 1.29 is 10.0 Å². The van der Waals surface area contributed by atoms with Crippen molar-refractivity contribution in [1.29, 1.82) is 0 Å². The van der Waals surface area contributed by atoms with E-state index in [4.69, 9.17) is 5.21 Å². The molecule has 0 unspecified atom stereocenters. The van der Waals surface area contributed by atoms with Crippen molar-refractivity contribution in [1.82, 2.24) is 9.63 Å². The Kier molecular flexibility index (Phi) is 5.17. The van der Waals surface area contributed by atoms with Crippen LogP contribution in [0.15, 0.2) is 42.7 Å². The zero-order valence-electron chi connectivity index (χ0n) is 13.3. The van der Waals surface area contributed by atoms with Gasteiger partial charge in [0.25, 0.3) is 5.91 Å². The number of amides is 1. The Morgan fingerprint density at radius 1 is 1.23 bits per heavy atom. The van der Waals surface area contributed by atoms with Crippen LogP contribution in [0.25, 0.3) is 11.8 Å². The van der Waals surface area contributed by atoms with Gasteiger partial charge in [-0.25, -0.2) is 5.06 Å². The maximum Gasteiger partial charge on any atom is 0.269 e. The summed E-state index contributed by atoms with van der Waals surface area (Å²) in [6.07, 6.45) is 8.99. The van der Waals surface area contributed by atoms with E-state index >= 15 is 0 Å². The number of carbonyl (C=O) groups is 1. The number of rotatable bonds is 5. The summed E-state index contributed by atoms with van der Waals surface area (Å²) in [5.74, 6) is -0.448. The van der Waals surface area contributed by atoms with Crippen LogP contribution in [0.3, 0.4) is 0 Å². The number of hydroxylamine groups is 2. The van der Waals surface area contributed by atoms with E-state index in [1.54, 1.807) is 6.08 Å². The van der Waals surface area contributed by atoms with E-state index in [1.165, 1.54) is 29.9 Å². The van der Waals surface area contributed by atoms with Gasteiger partial charge in [-0.2, -0.15) is 0 Å². The van der Waals surface area contributed by atoms with E-state index in [0.717, 1.165) is 18.4 Å². The van der Waals surface area contributed by atoms with Crippen LogP contribution in [0.4, 0.5) is 0 Å². The Bertz CT molecular complexity index is 662. The van der Waals surface area contributed by atoms with Crippen molar-refractivity contribution in [2.75, 3.05) is 7.05 Å². The van der Waals surface area contributed by atoms with Crippen molar-refractivity contribution in [3.8, 4) is 5.69 Å². The quantitative estimate of drug-likeness (QED) is 0.522. The third-order valence-corrected chi connectivity index (χ3v) is 3.68. The highest BCUT2D eigenvalue weighted by Gasteiger charge is 2.08. The molecule has 22 heavy (non-hydrogen) atoms. The number of benzene rings is 1. The van der Waals surface area contributed by atoms with Crippen LogP contribution < -0.4 is 0 Å². The second-order valence-corrected chi connectivity index (χ2v) is 5.18. The summed E-state index contributed by atoms with van der Waals surface area (Å²) in [6.45, 7) is 4.30. The molecule has 0 radical (unpaired) electrons. The lowest BCUT2D eigenvalue weighted by Crippen LogP contribution is -2.19. The van der Waals surface area contributed by atoms with Gasteiger partial charge in [-0.15, -0.1) is 0 Å². The number of hydrogen-bond donors (Lipinski definition) is 1. The van der Waals surface area contributed by atoms with Crippen molar-refractivity contribution in [3.63, 3.8) is 0 Å². The number of aryl methyl sites for hydroxylation is 2. The van der Waals surface area contributed by atoms with Gasteiger partial charge in [0.05, 0.1) is 5.69 Å². The number of hydrogen-bond acceptors (Lipinski definition) is 2. The molecule has 0 aliphatic heterocycles. The van der Waals surface area contributed by atoms with Crippen molar-refractivity contribution in [2.24, 2.45) is 0 Å². The van der Waals surface area contributed by atoms with Gasteiger partial charge < -0.3 is 4.57 Å². The van der Waals surface area contributed by atoms with Gasteiger partial charge in [-0.1, -0.05) is 32.0 Å². The van der Waals surface area contributed by atoms with Crippen LogP contribution in [0.1, 0.15) is 30.5 Å². The summed E-state index contributed by atoms with van der Waals surface area (Å²) in [5, 5.41) is 9.61. The van der Waals surface area contributed by atoms with E-state index in [0.29, 0.717) is 5.06 Å². The average Bonchev–Trinajstić information content (AvgIpc) is 2.99. The monoisotopic (exact) mass is 298 g/mol. The summed E-state index contributed by atoms with van der Waals surface area (Å²) >= 11 is 0. The lowest BCUT2D eigenvalue weighted by Gasteiger charge is -2.14. The first-order valence-corrected chi connectivity index (χ1v) is 7.50. The molecule has 0 aliphatic rings. The summed E-state index contributed by atoms with van der Waals surface area (Å²) in [6, 6.07) is 8.34. The summed E-state index contributed by atoms with van der Waals surface area (Å²) < 4.78 is 2.10. The molecule has 0 saturated heterocycles. The Balaban J connectivity index is 2.34. The Labute approximate surface area is 131 Å². The largest absolute Gasteiger partial charge is 0.323 e. The molecule has 0 bridgehead atoms. The van der Waals surface area contributed by atoms with Gasteiger partial charge >= 0.3 is 0 Å². The van der Waals surface area contributed by atoms with E-state index in [-0.39, 0.29) is 0 Å². The van der Waals surface area contributed by atoms with E-state index in [1.807, 2.05) is 18.5 Å². The number of likely N-dealkylation sites (N-methyl/N-ethyl adjacent to an activating group) is 1. The van der Waals surface area contributed by atoms with E-state index in [9.17, 15) is 4.79 Å². The molecule has 1 amide bonds. The number of carbonyl (C=O) groups excluding carboxylic acids is 1. The van der Waals surface area contributed by atoms with Gasteiger partial charge in [0, 0.05) is 25.5 Å². The topological polar surface area (TPSA) is 45.5 Å². The Morgan fingerprint density at radius 2 is 1.86 bits per heavy atom. The predicted molar refractivity (Wildman–Crippen MR) is 88.1 cm³/mol. The van der Waals surface area contributed by atoms with Crippen LogP contribution in [-0.4, -0.2) is 27.8 Å². The summed E-state index contributed by atoms with van der Waals surface area (Å²) in [4.78, 5) is 11.4. The fraction of sp³-hybridized carbons (Fsp3) is 0.278. The van der Waals surface area contributed by atoms with Crippen LogP contribution in [0, 0.1) is 0 Å². The number of nitrogens with zero attached hydrogens (tertiary/aromatic N) is 2. The summed E-state index contributed by atoms with van der Waals surface area (Å²) in [5.41, 5.74) is 4.74. The van der Waals surface area contributed by atoms with Gasteiger partial charge in [0.1, 0.15) is 0 Å². The second-order valence-electron chi connectivity index (χ2n) is 5.18. The highest BCUT2D eigenvalue weighted by Crippen LogP contribution is 2.22. The van der Waals surface area contributed by atoms with Crippen LogP contribution >= 0.6 is 0 Å². The predicted octanol–water partition coefficient (Wildman–Crippen LogP) is 3.46. The van der Waals surface area contributed by atoms with Crippen molar-refractivity contribution in [3.05, 3.63) is 59.4 Å². The molecule has 0 aliphatic carbocycles. The highest BCUT2D eigenvalue weighted by molar-refractivity contribution is 5.90. The molecule has 4 heteroatoms. The molecular weight excluding hydrogens is 276 g/mol. The summed E-state index contributed by atoms with van der Waals surface area (Å²) in [7, 11) is 1.31. The third kappa shape index (κ3) is 3.46. The van der Waals surface area contributed by atoms with Gasteiger partial charge in [0.2, 0.25) is 0 Å². The van der Waals surface area contributed by atoms with Gasteiger partial charge in [-0.3, -0.25) is 10.0 Å². The highest BCUT2D eigenvalue weighted by atomic mass is 16.5. The SMILES string of the molecule is CCc1cccc(CC)c1-n1ccc(/C=C/C(=O)N(C)O)c1. The molecule has 2 aromatic rings. The van der Waals surface area contributed by atoms with Crippen molar-refractivity contribution >= 4 is 12.0 Å². The molecule has 0 fully saturated rings. The fourth-order valence-corrected chi connectivity index (χ4v) is 2.47. The zero-order chi connectivity index (χ0) is 16.1. The van der Waals surface area contributed by atoms with Crippen LogP contribution in [0.5, 0.6) is 0 Å². The van der Waals surface area contributed by atoms with Gasteiger partial charge in [-0.05, 0) is 41.7 Å². The minimum atomic E-state index is -0.448. The first kappa shape index (κ1) is 16.0. The smallest absolute Gasteiger partial charge is 0.269 e. The van der Waals surface area contributed by atoms with E-state index in [2.05, 4.69) is 36.6 Å². The minimum Gasteiger partial charge on any atom is -0.323 e. The molecule has 0 atom stereocenters. The lowest BCUT2D eigenvalue weighted by atomic mass is 10.0. The normalized spacial score (nSPS) is 11.1. The standard InChI is InChI=1S/C18H22N2O2/c1-4-15-7-6-8-16(5-2)18(15)20-12-11-14(13-20)9-10-17(21)19(3)22/h6-13,22H,4-5H2,1-3H3/b10-9+. The van der Waals surface area contributed by atoms with Crippen molar-refractivity contribution in [2.45, 2.75) is 26.7 Å². The first-order chi connectivity index (χ1) is 10.6. The maximum absolute atomic E-state index is 11.4. The van der Waals surface area contributed by atoms with E-state index < -0.39 is 5.91 Å². The molecule has 0 spiro atoms.